The van der Waals surface area contributed by atoms with Crippen molar-refractivity contribution in [3.05, 3.63) is 40.3 Å². The number of aromatic nitrogens is 1. The topological polar surface area (TPSA) is 61.8 Å². The van der Waals surface area contributed by atoms with Crippen LogP contribution in [0, 0.1) is 12.8 Å². The SMILES string of the molecule is CN=C(NCCc1ncc(C)s1)NCC1CCN(c2ccccc2OC)C1. The quantitative estimate of drug-likeness (QED) is 0.565. The number of aliphatic imine (C=N–C) groups is 1. The van der Waals surface area contributed by atoms with Crippen molar-refractivity contribution in [2.24, 2.45) is 10.9 Å². The summed E-state index contributed by atoms with van der Waals surface area (Å²) in [6.45, 7) is 5.93. The standard InChI is InChI=1S/C20H29N5OS/c1-15-12-23-19(27-15)8-10-22-20(21-2)24-13-16-9-11-25(14-16)17-6-4-5-7-18(17)26-3/h4-7,12,16H,8-11,13-14H2,1-3H3,(H2,21,22,24). The van der Waals surface area contributed by atoms with E-state index in [0.29, 0.717) is 5.92 Å². The number of benzene rings is 1. The van der Waals surface area contributed by atoms with Crippen LogP contribution in [0.1, 0.15) is 16.3 Å². The molecule has 2 heterocycles. The normalized spacial score (nSPS) is 17.2. The molecule has 1 aliphatic heterocycles. The number of nitrogens with one attached hydrogen (secondary N) is 2. The Kier molecular flexibility index (Phi) is 6.92. The molecule has 1 atom stereocenters. The Labute approximate surface area is 165 Å². The van der Waals surface area contributed by atoms with Crippen LogP contribution < -0.4 is 20.3 Å². The number of guanidine groups is 1. The van der Waals surface area contributed by atoms with E-state index in [2.05, 4.69) is 44.6 Å². The highest BCUT2D eigenvalue weighted by Crippen LogP contribution is 2.31. The van der Waals surface area contributed by atoms with Crippen LogP contribution in [-0.4, -0.2) is 51.3 Å². The van der Waals surface area contributed by atoms with Crippen LogP contribution in [0.4, 0.5) is 5.69 Å². The minimum Gasteiger partial charge on any atom is -0.495 e. The van der Waals surface area contributed by atoms with E-state index in [1.54, 1.807) is 18.4 Å². The number of hydrogen-bond donors (Lipinski definition) is 2. The van der Waals surface area contributed by atoms with Gasteiger partial charge in [0, 0.05) is 50.7 Å². The Balaban J connectivity index is 1.42. The summed E-state index contributed by atoms with van der Waals surface area (Å²) in [6.07, 6.45) is 4.02. The Bertz CT molecular complexity index is 760. The van der Waals surface area contributed by atoms with Crippen molar-refractivity contribution in [3.63, 3.8) is 0 Å². The molecule has 0 saturated carbocycles. The molecule has 1 aromatic heterocycles. The molecule has 1 saturated heterocycles. The molecule has 0 aliphatic carbocycles. The van der Waals surface area contributed by atoms with Crippen molar-refractivity contribution in [2.75, 3.05) is 45.2 Å². The van der Waals surface area contributed by atoms with Crippen LogP contribution in [-0.2, 0) is 6.42 Å². The largest absolute Gasteiger partial charge is 0.495 e. The second-order valence-electron chi connectivity index (χ2n) is 6.77. The number of para-hydroxylation sites is 2. The van der Waals surface area contributed by atoms with E-state index in [4.69, 9.17) is 4.74 Å². The number of thiazole rings is 1. The molecule has 0 radical (unpaired) electrons. The Morgan fingerprint density at radius 2 is 2.22 bits per heavy atom. The molecule has 3 rings (SSSR count). The second-order valence-corrected chi connectivity index (χ2v) is 8.09. The predicted octanol–water partition coefficient (Wildman–Crippen LogP) is 2.69. The maximum atomic E-state index is 5.50. The molecule has 0 bridgehead atoms. The molecule has 7 heteroatoms. The number of methoxy groups -OCH3 is 1. The smallest absolute Gasteiger partial charge is 0.191 e. The molecular formula is C20H29N5OS. The molecule has 1 aromatic carbocycles. The van der Waals surface area contributed by atoms with Crippen molar-refractivity contribution in [1.82, 2.24) is 15.6 Å². The summed E-state index contributed by atoms with van der Waals surface area (Å²) in [5.74, 6) is 2.40. The zero-order valence-corrected chi connectivity index (χ0v) is 17.2. The van der Waals surface area contributed by atoms with Gasteiger partial charge in [-0.05, 0) is 31.4 Å². The summed E-state index contributed by atoms with van der Waals surface area (Å²) < 4.78 is 5.50. The van der Waals surface area contributed by atoms with Crippen LogP contribution >= 0.6 is 11.3 Å². The molecular weight excluding hydrogens is 358 g/mol. The lowest BCUT2D eigenvalue weighted by atomic mass is 10.1. The van der Waals surface area contributed by atoms with Crippen LogP contribution in [0.5, 0.6) is 5.75 Å². The maximum absolute atomic E-state index is 5.50. The highest BCUT2D eigenvalue weighted by molar-refractivity contribution is 7.11. The third kappa shape index (κ3) is 5.35. The van der Waals surface area contributed by atoms with Crippen molar-refractivity contribution >= 4 is 23.0 Å². The fourth-order valence-corrected chi connectivity index (χ4v) is 4.16. The van der Waals surface area contributed by atoms with Gasteiger partial charge in [-0.25, -0.2) is 4.98 Å². The van der Waals surface area contributed by atoms with Gasteiger partial charge in [-0.3, -0.25) is 4.99 Å². The first-order chi connectivity index (χ1) is 13.2. The van der Waals surface area contributed by atoms with E-state index in [1.165, 1.54) is 22.0 Å². The van der Waals surface area contributed by atoms with Gasteiger partial charge >= 0.3 is 0 Å². The minimum atomic E-state index is 0.593. The van der Waals surface area contributed by atoms with E-state index < -0.39 is 0 Å². The Morgan fingerprint density at radius 3 is 2.96 bits per heavy atom. The number of anilines is 1. The molecule has 0 spiro atoms. The van der Waals surface area contributed by atoms with Gasteiger partial charge < -0.3 is 20.3 Å². The number of aryl methyl sites for hydroxylation is 1. The fourth-order valence-electron chi connectivity index (χ4n) is 3.38. The number of rotatable bonds is 7. The first-order valence-corrected chi connectivity index (χ1v) is 10.2. The first-order valence-electron chi connectivity index (χ1n) is 9.43. The zero-order valence-electron chi connectivity index (χ0n) is 16.4. The number of hydrogen-bond acceptors (Lipinski definition) is 5. The Morgan fingerprint density at radius 1 is 1.37 bits per heavy atom. The molecule has 1 aliphatic rings. The summed E-state index contributed by atoms with van der Waals surface area (Å²) in [5, 5.41) is 8.02. The highest BCUT2D eigenvalue weighted by atomic mass is 32.1. The monoisotopic (exact) mass is 387 g/mol. The van der Waals surface area contributed by atoms with Gasteiger partial charge in [0.15, 0.2) is 5.96 Å². The van der Waals surface area contributed by atoms with Gasteiger partial charge in [0.2, 0.25) is 0 Å². The molecule has 0 amide bonds. The molecule has 1 fully saturated rings. The van der Waals surface area contributed by atoms with Crippen molar-refractivity contribution in [2.45, 2.75) is 19.8 Å². The molecule has 6 nitrogen and oxygen atoms in total. The number of ether oxygens (including phenoxy) is 1. The molecule has 2 N–H and O–H groups in total. The second kappa shape index (κ2) is 9.60. The average Bonchev–Trinajstić information content (AvgIpc) is 3.33. The van der Waals surface area contributed by atoms with Gasteiger partial charge in [-0.15, -0.1) is 11.3 Å². The van der Waals surface area contributed by atoms with Gasteiger partial charge in [0.25, 0.3) is 0 Å². The van der Waals surface area contributed by atoms with Crippen molar-refractivity contribution in [3.8, 4) is 5.75 Å². The van der Waals surface area contributed by atoms with E-state index >= 15 is 0 Å². The summed E-state index contributed by atoms with van der Waals surface area (Å²) >= 11 is 1.75. The maximum Gasteiger partial charge on any atom is 0.191 e. The summed E-state index contributed by atoms with van der Waals surface area (Å²) in [4.78, 5) is 12.4. The minimum absolute atomic E-state index is 0.593. The third-order valence-corrected chi connectivity index (χ3v) is 5.77. The van der Waals surface area contributed by atoms with E-state index in [9.17, 15) is 0 Å². The summed E-state index contributed by atoms with van der Waals surface area (Å²) in [6, 6.07) is 8.24. The lowest BCUT2D eigenvalue weighted by molar-refractivity contribution is 0.414. The Hall–Kier alpha value is -2.28. The van der Waals surface area contributed by atoms with Crippen molar-refractivity contribution in [1.29, 1.82) is 0 Å². The van der Waals surface area contributed by atoms with Crippen LogP contribution in [0.3, 0.4) is 0 Å². The third-order valence-electron chi connectivity index (χ3n) is 4.79. The molecule has 27 heavy (non-hydrogen) atoms. The predicted molar refractivity (Wildman–Crippen MR) is 113 cm³/mol. The van der Waals surface area contributed by atoms with E-state index in [1.807, 2.05) is 25.4 Å². The van der Waals surface area contributed by atoms with Crippen LogP contribution in [0.25, 0.3) is 0 Å². The average molecular weight is 388 g/mol. The highest BCUT2D eigenvalue weighted by Gasteiger charge is 2.24. The van der Waals surface area contributed by atoms with Gasteiger partial charge in [-0.2, -0.15) is 0 Å². The number of nitrogens with zero attached hydrogens (tertiary/aromatic N) is 3. The zero-order chi connectivity index (χ0) is 19.1. The fraction of sp³-hybridized carbons (Fsp3) is 0.500. The summed E-state index contributed by atoms with van der Waals surface area (Å²) in [5.41, 5.74) is 1.18. The van der Waals surface area contributed by atoms with Crippen LogP contribution in [0.15, 0.2) is 35.5 Å². The molecule has 2 aromatic rings. The van der Waals surface area contributed by atoms with E-state index in [-0.39, 0.29) is 0 Å². The van der Waals surface area contributed by atoms with Crippen molar-refractivity contribution < 1.29 is 4.74 Å². The lowest BCUT2D eigenvalue weighted by Gasteiger charge is -2.21. The van der Waals surface area contributed by atoms with Gasteiger partial charge in [0.1, 0.15) is 5.75 Å². The lowest BCUT2D eigenvalue weighted by Crippen LogP contribution is -2.41. The van der Waals surface area contributed by atoms with E-state index in [0.717, 1.165) is 44.3 Å². The van der Waals surface area contributed by atoms with Gasteiger partial charge in [0.05, 0.1) is 17.8 Å². The first kappa shape index (κ1) is 19.5. The molecule has 146 valence electrons. The van der Waals surface area contributed by atoms with Crippen LogP contribution in [0.2, 0.25) is 0 Å². The molecule has 1 unspecified atom stereocenters. The summed E-state index contributed by atoms with van der Waals surface area (Å²) in [7, 11) is 3.55. The van der Waals surface area contributed by atoms with Gasteiger partial charge in [-0.1, -0.05) is 12.1 Å².